The fraction of sp³-hybridized carbons (Fsp3) is 0.222. The van der Waals surface area contributed by atoms with Gasteiger partial charge in [-0.1, -0.05) is 18.2 Å². The summed E-state index contributed by atoms with van der Waals surface area (Å²) in [5.41, 5.74) is 8.04. The van der Waals surface area contributed by atoms with Crippen LogP contribution in [0.4, 0.5) is 5.69 Å². The average molecular weight is 474 g/mol. The summed E-state index contributed by atoms with van der Waals surface area (Å²) in [6.45, 7) is 10.1. The molecule has 0 aliphatic carbocycles. The molecule has 1 aliphatic rings. The molecule has 0 radical (unpaired) electrons. The summed E-state index contributed by atoms with van der Waals surface area (Å²) in [6, 6.07) is 13.3. The fourth-order valence-electron chi connectivity index (χ4n) is 4.15. The summed E-state index contributed by atoms with van der Waals surface area (Å²) >= 11 is 1.30. The van der Waals surface area contributed by atoms with E-state index < -0.39 is 5.97 Å². The number of hydrogen-bond donors (Lipinski definition) is 1. The van der Waals surface area contributed by atoms with E-state index in [1.807, 2.05) is 6.08 Å². The molecular weight excluding hydrogens is 446 g/mol. The summed E-state index contributed by atoms with van der Waals surface area (Å²) in [5.74, 6) is -1.13. The predicted octanol–water partition coefficient (Wildman–Crippen LogP) is 5.95. The highest BCUT2D eigenvalue weighted by Gasteiger charge is 2.31. The van der Waals surface area contributed by atoms with E-state index in [4.69, 9.17) is 0 Å². The maximum absolute atomic E-state index is 13.0. The van der Waals surface area contributed by atoms with E-state index in [0.717, 1.165) is 22.6 Å². The van der Waals surface area contributed by atoms with Crippen molar-refractivity contribution in [2.75, 3.05) is 7.05 Å². The second-order valence-electron chi connectivity index (χ2n) is 8.50. The van der Waals surface area contributed by atoms with Crippen molar-refractivity contribution >= 4 is 40.6 Å². The van der Waals surface area contributed by atoms with Crippen LogP contribution >= 0.6 is 11.8 Å². The first kappa shape index (κ1) is 23.6. The Morgan fingerprint density at radius 1 is 1.03 bits per heavy atom. The third-order valence-electron chi connectivity index (χ3n) is 6.33. The number of carbonyl (C=O) groups is 2. The zero-order valence-electron chi connectivity index (χ0n) is 20.1. The molecule has 4 rings (SSSR count). The molecule has 34 heavy (non-hydrogen) atoms. The lowest BCUT2D eigenvalue weighted by atomic mass is 10.1. The SMILES string of the molecule is Cc1cccc(-n2c(C)cc(/C=C3\SC(=Nc4cccc(C(=O)O)c4C)N(C)C3=O)c2C)c1C. The predicted molar refractivity (Wildman–Crippen MR) is 138 cm³/mol. The quantitative estimate of drug-likeness (QED) is 0.475. The minimum absolute atomic E-state index is 0.132. The van der Waals surface area contributed by atoms with Crippen molar-refractivity contribution in [1.29, 1.82) is 0 Å². The van der Waals surface area contributed by atoms with E-state index in [0.29, 0.717) is 21.3 Å². The molecule has 0 unspecified atom stereocenters. The van der Waals surface area contributed by atoms with Gasteiger partial charge in [-0.15, -0.1) is 0 Å². The molecule has 6 nitrogen and oxygen atoms in total. The number of nitrogens with zero attached hydrogens (tertiary/aromatic N) is 3. The van der Waals surface area contributed by atoms with E-state index in [2.05, 4.69) is 61.5 Å². The number of aromatic carboxylic acids is 1. The third kappa shape index (κ3) is 4.07. The highest BCUT2D eigenvalue weighted by molar-refractivity contribution is 8.18. The van der Waals surface area contributed by atoms with Crippen molar-refractivity contribution < 1.29 is 14.7 Å². The van der Waals surface area contributed by atoms with Crippen molar-refractivity contribution in [3.8, 4) is 5.69 Å². The Labute approximate surface area is 203 Å². The van der Waals surface area contributed by atoms with Crippen LogP contribution < -0.4 is 0 Å². The maximum atomic E-state index is 13.0. The summed E-state index contributed by atoms with van der Waals surface area (Å²) in [6.07, 6.45) is 1.91. The lowest BCUT2D eigenvalue weighted by Gasteiger charge is -2.14. The van der Waals surface area contributed by atoms with Gasteiger partial charge in [-0.2, -0.15) is 0 Å². The van der Waals surface area contributed by atoms with Crippen molar-refractivity contribution in [3.05, 3.63) is 86.6 Å². The molecular formula is C27H27N3O3S. The molecule has 1 N–H and O–H groups in total. The van der Waals surface area contributed by atoms with Crippen LogP contribution in [-0.2, 0) is 4.79 Å². The van der Waals surface area contributed by atoms with Gasteiger partial charge in [0.05, 0.1) is 16.2 Å². The highest BCUT2D eigenvalue weighted by atomic mass is 32.2. The molecule has 3 aromatic rings. The Morgan fingerprint density at radius 2 is 1.74 bits per heavy atom. The van der Waals surface area contributed by atoms with Gasteiger partial charge in [-0.3, -0.25) is 9.69 Å². The smallest absolute Gasteiger partial charge is 0.336 e. The number of aliphatic imine (C=N–C) groups is 1. The Morgan fingerprint density at radius 3 is 2.44 bits per heavy atom. The fourth-order valence-corrected chi connectivity index (χ4v) is 5.13. The van der Waals surface area contributed by atoms with Gasteiger partial charge >= 0.3 is 5.97 Å². The molecule has 0 saturated carbocycles. The molecule has 7 heteroatoms. The Hall–Kier alpha value is -3.58. The number of amidine groups is 1. The van der Waals surface area contributed by atoms with Crippen LogP contribution in [0.1, 0.15) is 44.0 Å². The Balaban J connectivity index is 1.72. The van der Waals surface area contributed by atoms with E-state index in [-0.39, 0.29) is 11.5 Å². The minimum atomic E-state index is -0.997. The van der Waals surface area contributed by atoms with E-state index in [1.54, 1.807) is 32.2 Å². The van der Waals surface area contributed by atoms with Crippen LogP contribution in [-0.4, -0.2) is 38.7 Å². The number of carboxylic acids is 1. The van der Waals surface area contributed by atoms with Crippen molar-refractivity contribution in [2.45, 2.75) is 34.6 Å². The van der Waals surface area contributed by atoms with Gasteiger partial charge in [0.15, 0.2) is 5.17 Å². The molecule has 0 spiro atoms. The summed E-state index contributed by atoms with van der Waals surface area (Å²) in [5, 5.41) is 9.91. The molecule has 0 atom stereocenters. The van der Waals surface area contributed by atoms with Gasteiger partial charge in [0.2, 0.25) is 0 Å². The van der Waals surface area contributed by atoms with Gasteiger partial charge in [0.1, 0.15) is 0 Å². The van der Waals surface area contributed by atoms with Crippen LogP contribution in [0.2, 0.25) is 0 Å². The molecule has 2 heterocycles. The van der Waals surface area contributed by atoms with Crippen LogP contribution in [0.15, 0.2) is 52.4 Å². The third-order valence-corrected chi connectivity index (χ3v) is 7.39. The number of hydrogen-bond acceptors (Lipinski definition) is 4. The van der Waals surface area contributed by atoms with Crippen LogP contribution in [0.25, 0.3) is 11.8 Å². The number of amides is 1. The van der Waals surface area contributed by atoms with E-state index >= 15 is 0 Å². The summed E-state index contributed by atoms with van der Waals surface area (Å²) in [7, 11) is 1.69. The topological polar surface area (TPSA) is 74.9 Å². The number of aromatic nitrogens is 1. The zero-order chi connectivity index (χ0) is 24.7. The van der Waals surface area contributed by atoms with Crippen molar-refractivity contribution in [2.24, 2.45) is 4.99 Å². The van der Waals surface area contributed by atoms with Crippen LogP contribution in [0.3, 0.4) is 0 Å². The maximum Gasteiger partial charge on any atom is 0.336 e. The van der Waals surface area contributed by atoms with E-state index in [9.17, 15) is 14.7 Å². The number of benzene rings is 2. The Bertz CT molecular complexity index is 1400. The molecule has 1 fully saturated rings. The number of thioether (sulfide) groups is 1. The van der Waals surface area contributed by atoms with Crippen molar-refractivity contribution in [1.82, 2.24) is 9.47 Å². The molecule has 0 bridgehead atoms. The molecule has 1 amide bonds. The summed E-state index contributed by atoms with van der Waals surface area (Å²) < 4.78 is 2.22. The highest BCUT2D eigenvalue weighted by Crippen LogP contribution is 2.35. The lowest BCUT2D eigenvalue weighted by Crippen LogP contribution is -2.23. The minimum Gasteiger partial charge on any atom is -0.478 e. The zero-order valence-corrected chi connectivity index (χ0v) is 20.9. The van der Waals surface area contributed by atoms with Gasteiger partial charge in [0, 0.05) is 24.1 Å². The van der Waals surface area contributed by atoms with E-state index in [1.165, 1.54) is 27.8 Å². The number of rotatable bonds is 4. The molecule has 1 saturated heterocycles. The first-order valence-corrected chi connectivity index (χ1v) is 11.8. The molecule has 1 aromatic heterocycles. The van der Waals surface area contributed by atoms with Gasteiger partial charge in [0.25, 0.3) is 5.91 Å². The Kier molecular flexibility index (Phi) is 6.23. The van der Waals surface area contributed by atoms with Gasteiger partial charge in [-0.25, -0.2) is 9.79 Å². The number of carboxylic acid groups (broad SMARTS) is 1. The van der Waals surface area contributed by atoms with Crippen LogP contribution in [0, 0.1) is 34.6 Å². The van der Waals surface area contributed by atoms with Crippen molar-refractivity contribution in [3.63, 3.8) is 0 Å². The first-order chi connectivity index (χ1) is 16.1. The second kappa shape index (κ2) is 8.99. The van der Waals surface area contributed by atoms with Gasteiger partial charge < -0.3 is 9.67 Å². The normalized spacial score (nSPS) is 16.2. The summed E-state index contributed by atoms with van der Waals surface area (Å²) in [4.78, 5) is 31.2. The average Bonchev–Trinajstić information content (AvgIpc) is 3.21. The number of aryl methyl sites for hydroxylation is 2. The number of carbonyl (C=O) groups excluding carboxylic acids is 1. The second-order valence-corrected chi connectivity index (χ2v) is 9.51. The largest absolute Gasteiger partial charge is 0.478 e. The standard InChI is InChI=1S/C27H27N3O3S/c1-15-9-7-12-23(17(15)3)30-16(2)13-20(19(30)5)14-24-25(31)29(6)27(34-24)28-22-11-8-10-21(18(22)4)26(32)33/h7-14H,1-6H3,(H,32,33)/b24-14-,28-27?. The van der Waals surface area contributed by atoms with Gasteiger partial charge in [-0.05, 0) is 99.0 Å². The molecule has 174 valence electrons. The molecule has 2 aromatic carbocycles. The van der Waals surface area contributed by atoms with Crippen LogP contribution in [0.5, 0.6) is 0 Å². The monoisotopic (exact) mass is 473 g/mol. The number of likely N-dealkylation sites (N-methyl/N-ethyl adjacent to an activating group) is 1. The lowest BCUT2D eigenvalue weighted by molar-refractivity contribution is -0.121. The molecule has 1 aliphatic heterocycles. The first-order valence-electron chi connectivity index (χ1n) is 10.9.